The molecule has 0 saturated heterocycles. The Morgan fingerprint density at radius 3 is 2.66 bits per heavy atom. The van der Waals surface area contributed by atoms with E-state index in [1.165, 1.54) is 0 Å². The molecule has 2 heterocycles. The van der Waals surface area contributed by atoms with Crippen LogP contribution in [0.1, 0.15) is 38.3 Å². The zero-order valence-corrected chi connectivity index (χ0v) is 17.3. The molecule has 150 valence electrons. The SMILES string of the molecule is CCCC(C)n1c(=O)n(C)c2cc(-c3c(-c4cccc(C)c4)noc3N)ccc21. The van der Waals surface area contributed by atoms with E-state index >= 15 is 0 Å². The zero-order valence-electron chi connectivity index (χ0n) is 17.3. The first-order valence-corrected chi connectivity index (χ1v) is 9.96. The smallest absolute Gasteiger partial charge is 0.329 e. The maximum atomic E-state index is 12.9. The van der Waals surface area contributed by atoms with Crippen LogP contribution in [0, 0.1) is 6.92 Å². The van der Waals surface area contributed by atoms with Crippen molar-refractivity contribution >= 4 is 16.9 Å². The minimum absolute atomic E-state index is 0.00435. The lowest BCUT2D eigenvalue weighted by molar-refractivity contribution is 0.439. The third-order valence-electron chi connectivity index (χ3n) is 5.54. The van der Waals surface area contributed by atoms with E-state index in [-0.39, 0.29) is 17.6 Å². The van der Waals surface area contributed by atoms with Crippen LogP contribution >= 0.6 is 0 Å². The number of imidazole rings is 1. The predicted octanol–water partition coefficient (Wildman–Crippen LogP) is 4.91. The van der Waals surface area contributed by atoms with Crippen LogP contribution < -0.4 is 11.4 Å². The van der Waals surface area contributed by atoms with Gasteiger partial charge in [-0.3, -0.25) is 9.13 Å². The minimum atomic E-state index is -0.00435. The first kappa shape index (κ1) is 19.1. The summed E-state index contributed by atoms with van der Waals surface area (Å²) in [5, 5.41) is 4.21. The van der Waals surface area contributed by atoms with E-state index in [4.69, 9.17) is 10.3 Å². The molecule has 0 aliphatic carbocycles. The summed E-state index contributed by atoms with van der Waals surface area (Å²) in [7, 11) is 1.81. The number of fused-ring (bicyclic) bond motifs is 1. The average Bonchev–Trinajstić information content (AvgIpc) is 3.20. The minimum Gasteiger partial charge on any atom is -0.367 e. The number of nitrogens with two attached hydrogens (primary N) is 1. The maximum Gasteiger partial charge on any atom is 0.329 e. The molecule has 4 aromatic rings. The van der Waals surface area contributed by atoms with Crippen molar-refractivity contribution in [2.75, 3.05) is 5.73 Å². The van der Waals surface area contributed by atoms with Crippen LogP contribution in [0.5, 0.6) is 0 Å². The van der Waals surface area contributed by atoms with Gasteiger partial charge >= 0.3 is 5.69 Å². The molecule has 4 rings (SSSR count). The molecular weight excluding hydrogens is 364 g/mol. The Balaban J connectivity index is 1.90. The molecule has 6 heteroatoms. The molecule has 0 aliphatic rings. The average molecular weight is 390 g/mol. The summed E-state index contributed by atoms with van der Waals surface area (Å²) in [6, 6.07) is 14.2. The fourth-order valence-corrected chi connectivity index (χ4v) is 4.06. The van der Waals surface area contributed by atoms with E-state index in [0.29, 0.717) is 5.69 Å². The lowest BCUT2D eigenvalue weighted by Gasteiger charge is -2.12. The van der Waals surface area contributed by atoms with Crippen LogP contribution in [0.15, 0.2) is 51.8 Å². The standard InChI is InChI=1S/C23H26N4O2/c1-5-7-15(3)27-18-11-10-16(13-19(18)26(4)23(27)28)20-21(25-29-22(20)24)17-9-6-8-14(2)12-17/h6,8-13,15H,5,7,24H2,1-4H3. The maximum absolute atomic E-state index is 12.9. The van der Waals surface area contributed by atoms with Crippen LogP contribution in [0.25, 0.3) is 33.4 Å². The Hall–Kier alpha value is -3.28. The summed E-state index contributed by atoms with van der Waals surface area (Å²) in [6.07, 6.45) is 1.98. The fraction of sp³-hybridized carbons (Fsp3) is 0.304. The number of hydrogen-bond acceptors (Lipinski definition) is 4. The summed E-state index contributed by atoms with van der Waals surface area (Å²) in [5.74, 6) is 0.268. The number of nitrogen functional groups attached to an aromatic ring is 1. The van der Waals surface area contributed by atoms with Crippen molar-refractivity contribution < 1.29 is 4.52 Å². The van der Waals surface area contributed by atoms with Crippen molar-refractivity contribution in [1.82, 2.24) is 14.3 Å². The third kappa shape index (κ3) is 3.14. The van der Waals surface area contributed by atoms with Crippen LogP contribution in [-0.4, -0.2) is 14.3 Å². The molecule has 0 amide bonds. The highest BCUT2D eigenvalue weighted by atomic mass is 16.5. The Bertz CT molecular complexity index is 1250. The van der Waals surface area contributed by atoms with Gasteiger partial charge < -0.3 is 10.3 Å². The number of nitrogens with zero attached hydrogens (tertiary/aromatic N) is 3. The molecule has 0 fully saturated rings. The number of aromatic nitrogens is 3. The second-order valence-corrected chi connectivity index (χ2v) is 7.69. The van der Waals surface area contributed by atoms with E-state index in [9.17, 15) is 4.79 Å². The summed E-state index contributed by atoms with van der Waals surface area (Å²) in [6.45, 7) is 6.26. The molecule has 2 aromatic heterocycles. The molecule has 29 heavy (non-hydrogen) atoms. The summed E-state index contributed by atoms with van der Waals surface area (Å²) in [5.41, 5.74) is 12.4. The molecule has 2 N–H and O–H groups in total. The number of hydrogen-bond donors (Lipinski definition) is 1. The predicted molar refractivity (Wildman–Crippen MR) is 117 cm³/mol. The fourth-order valence-electron chi connectivity index (χ4n) is 4.06. The van der Waals surface area contributed by atoms with Gasteiger partial charge in [0.15, 0.2) is 0 Å². The van der Waals surface area contributed by atoms with Crippen LogP contribution in [0.2, 0.25) is 0 Å². The van der Waals surface area contributed by atoms with Gasteiger partial charge in [0.2, 0.25) is 5.88 Å². The van der Waals surface area contributed by atoms with Crippen molar-refractivity contribution in [3.8, 4) is 22.4 Å². The highest BCUT2D eigenvalue weighted by Gasteiger charge is 2.21. The first-order chi connectivity index (χ1) is 13.9. The van der Waals surface area contributed by atoms with Gasteiger partial charge in [-0.05, 0) is 44.0 Å². The normalized spacial score (nSPS) is 12.6. The number of rotatable bonds is 5. The Labute approximate surface area is 169 Å². The van der Waals surface area contributed by atoms with E-state index in [1.54, 1.807) is 4.57 Å². The van der Waals surface area contributed by atoms with Crippen molar-refractivity contribution in [3.05, 3.63) is 58.5 Å². The van der Waals surface area contributed by atoms with Gasteiger partial charge in [0.05, 0.1) is 16.6 Å². The van der Waals surface area contributed by atoms with E-state index < -0.39 is 0 Å². The topological polar surface area (TPSA) is 79.0 Å². The Morgan fingerprint density at radius 1 is 1.14 bits per heavy atom. The quantitative estimate of drug-likeness (QED) is 0.525. The second kappa shape index (κ2) is 7.28. The molecule has 0 saturated carbocycles. The molecule has 0 spiro atoms. The van der Waals surface area contributed by atoms with Crippen molar-refractivity contribution in [2.45, 2.75) is 39.7 Å². The highest BCUT2D eigenvalue weighted by Crippen LogP contribution is 2.37. The van der Waals surface area contributed by atoms with Crippen molar-refractivity contribution in [2.24, 2.45) is 7.05 Å². The molecular formula is C23H26N4O2. The second-order valence-electron chi connectivity index (χ2n) is 7.69. The number of benzene rings is 2. The van der Waals surface area contributed by atoms with Gasteiger partial charge in [0.25, 0.3) is 0 Å². The summed E-state index contributed by atoms with van der Waals surface area (Å²) in [4.78, 5) is 12.9. The van der Waals surface area contributed by atoms with Gasteiger partial charge in [-0.1, -0.05) is 48.3 Å². The van der Waals surface area contributed by atoms with Gasteiger partial charge in [-0.25, -0.2) is 4.79 Å². The van der Waals surface area contributed by atoms with E-state index in [0.717, 1.165) is 46.1 Å². The van der Waals surface area contributed by atoms with E-state index in [2.05, 4.69) is 25.1 Å². The largest absolute Gasteiger partial charge is 0.367 e. The van der Waals surface area contributed by atoms with E-state index in [1.807, 2.05) is 54.9 Å². The number of anilines is 1. The van der Waals surface area contributed by atoms with Gasteiger partial charge in [0.1, 0.15) is 5.69 Å². The summed E-state index contributed by atoms with van der Waals surface area (Å²) < 4.78 is 8.91. The van der Waals surface area contributed by atoms with Crippen molar-refractivity contribution in [3.63, 3.8) is 0 Å². The summed E-state index contributed by atoms with van der Waals surface area (Å²) >= 11 is 0. The lowest BCUT2D eigenvalue weighted by atomic mass is 9.99. The van der Waals surface area contributed by atoms with Gasteiger partial charge in [-0.2, -0.15) is 0 Å². The lowest BCUT2D eigenvalue weighted by Crippen LogP contribution is -2.24. The molecule has 2 aromatic carbocycles. The van der Waals surface area contributed by atoms with Crippen LogP contribution in [0.3, 0.4) is 0 Å². The molecule has 1 unspecified atom stereocenters. The third-order valence-corrected chi connectivity index (χ3v) is 5.54. The van der Waals surface area contributed by atoms with Crippen molar-refractivity contribution in [1.29, 1.82) is 0 Å². The van der Waals surface area contributed by atoms with Crippen LogP contribution in [-0.2, 0) is 7.05 Å². The Kier molecular flexibility index (Phi) is 4.78. The Morgan fingerprint density at radius 2 is 1.93 bits per heavy atom. The molecule has 0 radical (unpaired) electrons. The van der Waals surface area contributed by atoms with Gasteiger partial charge in [0, 0.05) is 18.7 Å². The molecule has 0 aliphatic heterocycles. The molecule has 0 bridgehead atoms. The highest BCUT2D eigenvalue weighted by molar-refractivity contribution is 5.91. The first-order valence-electron chi connectivity index (χ1n) is 9.96. The van der Waals surface area contributed by atoms with Gasteiger partial charge in [-0.15, -0.1) is 0 Å². The van der Waals surface area contributed by atoms with Crippen LogP contribution in [0.4, 0.5) is 5.88 Å². The zero-order chi connectivity index (χ0) is 20.7. The molecule has 1 atom stereocenters. The number of aryl methyl sites for hydroxylation is 2. The molecule has 6 nitrogen and oxygen atoms in total. The monoisotopic (exact) mass is 390 g/mol.